The predicted molar refractivity (Wildman–Crippen MR) is 95.3 cm³/mol. The summed E-state index contributed by atoms with van der Waals surface area (Å²) in [5.74, 6) is -0.260. The van der Waals surface area contributed by atoms with Gasteiger partial charge in [0.15, 0.2) is 9.84 Å². The van der Waals surface area contributed by atoms with Crippen LogP contribution in [0.3, 0.4) is 0 Å². The molecular weight excluding hydrogens is 340 g/mol. The molecule has 2 amide bonds. The van der Waals surface area contributed by atoms with Crippen LogP contribution in [0.15, 0.2) is 24.3 Å². The van der Waals surface area contributed by atoms with Crippen LogP contribution in [0.1, 0.15) is 52.8 Å². The lowest BCUT2D eigenvalue weighted by Crippen LogP contribution is -2.36. The van der Waals surface area contributed by atoms with E-state index in [-0.39, 0.29) is 29.4 Å². The fourth-order valence-electron chi connectivity index (χ4n) is 3.43. The minimum absolute atomic E-state index is 0.00879. The molecule has 2 aliphatic rings. The van der Waals surface area contributed by atoms with Gasteiger partial charge >= 0.3 is 0 Å². The van der Waals surface area contributed by atoms with E-state index < -0.39 is 9.84 Å². The first-order valence-corrected chi connectivity index (χ1v) is 10.7. The maximum Gasteiger partial charge on any atom is 0.253 e. The summed E-state index contributed by atoms with van der Waals surface area (Å²) in [6.07, 6.45) is 4.78. The number of carbonyl (C=O) groups is 2. The zero-order valence-electron chi connectivity index (χ0n) is 14.2. The van der Waals surface area contributed by atoms with Crippen LogP contribution in [0.5, 0.6) is 0 Å². The first-order chi connectivity index (χ1) is 11.9. The molecule has 0 saturated carbocycles. The van der Waals surface area contributed by atoms with Gasteiger partial charge in [-0.05, 0) is 37.5 Å². The minimum atomic E-state index is -3.04. The number of hydrogen-bond donors (Lipinski definition) is 1. The highest BCUT2D eigenvalue weighted by atomic mass is 32.2. The molecule has 0 spiro atoms. The van der Waals surface area contributed by atoms with Gasteiger partial charge in [-0.2, -0.15) is 0 Å². The van der Waals surface area contributed by atoms with Crippen LogP contribution in [-0.2, 0) is 9.84 Å². The quantitative estimate of drug-likeness (QED) is 0.883. The molecule has 0 aromatic heterocycles. The molecule has 1 aromatic carbocycles. The second-order valence-electron chi connectivity index (χ2n) is 6.86. The van der Waals surface area contributed by atoms with Crippen molar-refractivity contribution >= 4 is 21.7 Å². The Morgan fingerprint density at radius 1 is 1.04 bits per heavy atom. The average Bonchev–Trinajstić information content (AvgIpc) is 2.80. The van der Waals surface area contributed by atoms with Crippen LogP contribution in [-0.4, -0.2) is 55.8 Å². The van der Waals surface area contributed by atoms with E-state index in [1.807, 2.05) is 4.90 Å². The molecule has 2 saturated heterocycles. The Bertz CT molecular complexity index is 752. The van der Waals surface area contributed by atoms with Crippen molar-refractivity contribution in [3.8, 4) is 0 Å². The van der Waals surface area contributed by atoms with Gasteiger partial charge in [-0.25, -0.2) is 8.42 Å². The van der Waals surface area contributed by atoms with Gasteiger partial charge in [0.25, 0.3) is 11.8 Å². The second kappa shape index (κ2) is 7.56. The lowest BCUT2D eigenvalue weighted by Gasteiger charge is -2.20. The predicted octanol–water partition coefficient (Wildman–Crippen LogP) is 1.62. The van der Waals surface area contributed by atoms with Gasteiger partial charge in [0.1, 0.15) is 0 Å². The number of nitrogens with one attached hydrogen (secondary N) is 1. The zero-order valence-corrected chi connectivity index (χ0v) is 15.1. The van der Waals surface area contributed by atoms with E-state index >= 15 is 0 Å². The number of rotatable bonds is 3. The largest absolute Gasteiger partial charge is 0.348 e. The van der Waals surface area contributed by atoms with Gasteiger partial charge in [0.05, 0.1) is 11.5 Å². The number of likely N-dealkylation sites (tertiary alicyclic amines) is 1. The molecule has 0 aliphatic carbocycles. The van der Waals surface area contributed by atoms with Crippen molar-refractivity contribution in [3.05, 3.63) is 35.4 Å². The van der Waals surface area contributed by atoms with Crippen LogP contribution in [0, 0.1) is 0 Å². The summed E-state index contributed by atoms with van der Waals surface area (Å²) in [7, 11) is -3.04. The van der Waals surface area contributed by atoms with Crippen LogP contribution in [0.4, 0.5) is 0 Å². The molecule has 0 radical (unpaired) electrons. The Labute approximate surface area is 148 Å². The standard InChI is InChI=1S/C18H24N2O4S/c21-17(19-16-8-11-25(23,24)13-16)14-6-5-7-15(12-14)18(22)20-9-3-1-2-4-10-20/h5-7,12,16H,1-4,8-11,13H2,(H,19,21). The monoisotopic (exact) mass is 364 g/mol. The highest BCUT2D eigenvalue weighted by molar-refractivity contribution is 7.91. The summed E-state index contributed by atoms with van der Waals surface area (Å²) in [5, 5.41) is 2.76. The van der Waals surface area contributed by atoms with Gasteiger partial charge in [-0.1, -0.05) is 18.9 Å². The molecule has 1 atom stereocenters. The fraction of sp³-hybridized carbons (Fsp3) is 0.556. The topological polar surface area (TPSA) is 83.5 Å². The molecule has 1 unspecified atom stereocenters. The van der Waals surface area contributed by atoms with Crippen molar-refractivity contribution in [3.63, 3.8) is 0 Å². The van der Waals surface area contributed by atoms with Gasteiger partial charge in [-0.15, -0.1) is 0 Å². The molecule has 6 nitrogen and oxygen atoms in total. The minimum Gasteiger partial charge on any atom is -0.348 e. The van der Waals surface area contributed by atoms with E-state index in [0.29, 0.717) is 17.5 Å². The van der Waals surface area contributed by atoms with Crippen molar-refractivity contribution in [1.29, 1.82) is 0 Å². The van der Waals surface area contributed by atoms with E-state index in [2.05, 4.69) is 5.32 Å². The maximum absolute atomic E-state index is 12.7. The molecule has 2 aliphatic heterocycles. The molecule has 2 fully saturated rings. The fourth-order valence-corrected chi connectivity index (χ4v) is 5.10. The Morgan fingerprint density at radius 3 is 2.36 bits per heavy atom. The Morgan fingerprint density at radius 2 is 1.72 bits per heavy atom. The number of carbonyl (C=O) groups excluding carboxylic acids is 2. The third-order valence-electron chi connectivity index (χ3n) is 4.83. The molecule has 0 bridgehead atoms. The molecule has 3 rings (SSSR count). The number of amides is 2. The van der Waals surface area contributed by atoms with Crippen LogP contribution < -0.4 is 5.32 Å². The van der Waals surface area contributed by atoms with Gasteiger partial charge in [0.2, 0.25) is 0 Å². The molecule has 1 aromatic rings. The first kappa shape index (κ1) is 17.9. The molecular formula is C18H24N2O4S. The SMILES string of the molecule is O=C(NC1CCS(=O)(=O)C1)c1cccc(C(=O)N2CCCCCC2)c1. The number of benzene rings is 1. The lowest BCUT2D eigenvalue weighted by molar-refractivity contribution is 0.0761. The van der Waals surface area contributed by atoms with E-state index in [1.165, 1.54) is 0 Å². The van der Waals surface area contributed by atoms with Crippen molar-refractivity contribution < 1.29 is 18.0 Å². The van der Waals surface area contributed by atoms with Crippen molar-refractivity contribution in [2.75, 3.05) is 24.6 Å². The molecule has 2 heterocycles. The molecule has 136 valence electrons. The van der Waals surface area contributed by atoms with Crippen molar-refractivity contribution in [1.82, 2.24) is 10.2 Å². The first-order valence-electron chi connectivity index (χ1n) is 8.85. The van der Waals surface area contributed by atoms with Crippen LogP contribution in [0.25, 0.3) is 0 Å². The highest BCUT2D eigenvalue weighted by Crippen LogP contribution is 2.16. The van der Waals surface area contributed by atoms with E-state index in [9.17, 15) is 18.0 Å². The summed E-state index contributed by atoms with van der Waals surface area (Å²) < 4.78 is 23.0. The van der Waals surface area contributed by atoms with Crippen molar-refractivity contribution in [2.24, 2.45) is 0 Å². The summed E-state index contributed by atoms with van der Waals surface area (Å²) in [6, 6.07) is 6.34. The lowest BCUT2D eigenvalue weighted by atomic mass is 10.1. The average molecular weight is 364 g/mol. The number of nitrogens with zero attached hydrogens (tertiary/aromatic N) is 1. The smallest absolute Gasteiger partial charge is 0.253 e. The van der Waals surface area contributed by atoms with Crippen molar-refractivity contribution in [2.45, 2.75) is 38.1 Å². The maximum atomic E-state index is 12.7. The summed E-state index contributed by atoms with van der Waals surface area (Å²) in [4.78, 5) is 26.9. The van der Waals surface area contributed by atoms with Crippen LogP contribution >= 0.6 is 0 Å². The van der Waals surface area contributed by atoms with Crippen LogP contribution in [0.2, 0.25) is 0 Å². The normalized spacial score (nSPS) is 23.0. The number of sulfone groups is 1. The Balaban J connectivity index is 1.68. The van der Waals surface area contributed by atoms with E-state index in [4.69, 9.17) is 0 Å². The molecule has 1 N–H and O–H groups in total. The zero-order chi connectivity index (χ0) is 17.9. The Hall–Kier alpha value is -1.89. The van der Waals surface area contributed by atoms with E-state index in [1.54, 1.807) is 24.3 Å². The Kier molecular flexibility index (Phi) is 5.42. The summed E-state index contributed by atoms with van der Waals surface area (Å²) >= 11 is 0. The third kappa shape index (κ3) is 4.60. The van der Waals surface area contributed by atoms with E-state index in [0.717, 1.165) is 38.8 Å². The summed E-state index contributed by atoms with van der Waals surface area (Å²) in [6.45, 7) is 1.52. The third-order valence-corrected chi connectivity index (χ3v) is 6.60. The molecule has 25 heavy (non-hydrogen) atoms. The van der Waals surface area contributed by atoms with Gasteiger partial charge < -0.3 is 10.2 Å². The molecule has 7 heteroatoms. The summed E-state index contributed by atoms with van der Waals surface area (Å²) in [5.41, 5.74) is 0.901. The number of hydrogen-bond acceptors (Lipinski definition) is 4. The second-order valence-corrected chi connectivity index (χ2v) is 9.09. The van der Waals surface area contributed by atoms with Gasteiger partial charge in [-0.3, -0.25) is 9.59 Å². The van der Waals surface area contributed by atoms with Gasteiger partial charge in [0, 0.05) is 30.3 Å². The highest BCUT2D eigenvalue weighted by Gasteiger charge is 2.29.